The Kier molecular flexibility index (Phi) is 7.00. The molecule has 1 N–H and O–H groups in total. The second-order valence-electron chi connectivity index (χ2n) is 5.99. The molecule has 3 aromatic rings. The zero-order valence-corrected chi connectivity index (χ0v) is 17.2. The number of furan rings is 1. The lowest BCUT2D eigenvalue weighted by atomic mass is 10.2. The molecule has 0 unspecified atom stereocenters. The van der Waals surface area contributed by atoms with Gasteiger partial charge in [0.1, 0.15) is 18.1 Å². The van der Waals surface area contributed by atoms with E-state index in [0.29, 0.717) is 34.9 Å². The van der Waals surface area contributed by atoms with Gasteiger partial charge < -0.3 is 19.0 Å². The van der Waals surface area contributed by atoms with Gasteiger partial charge in [0.05, 0.1) is 18.6 Å². The number of thioether (sulfide) groups is 1. The minimum atomic E-state index is -0.0958. The maximum Gasteiger partial charge on any atom is 0.230 e. The number of halogens is 1. The molecule has 0 bridgehead atoms. The second kappa shape index (κ2) is 9.66. The smallest absolute Gasteiger partial charge is 0.230 e. The molecule has 0 fully saturated rings. The van der Waals surface area contributed by atoms with Crippen LogP contribution < -0.4 is 10.1 Å². The Morgan fingerprint density at radius 3 is 2.93 bits per heavy atom. The molecule has 0 aliphatic carbocycles. The van der Waals surface area contributed by atoms with Crippen LogP contribution in [0.5, 0.6) is 5.75 Å². The Bertz CT molecular complexity index is 927. The largest absolute Gasteiger partial charge is 0.486 e. The predicted molar refractivity (Wildman–Crippen MR) is 107 cm³/mol. The van der Waals surface area contributed by atoms with Crippen molar-refractivity contribution in [3.05, 3.63) is 58.8 Å². The fraction of sp³-hybridized carbons (Fsp3) is 0.316. The molecular formula is C19H21ClN4O3S. The zero-order valence-electron chi connectivity index (χ0n) is 15.6. The highest BCUT2D eigenvalue weighted by molar-refractivity contribution is 7.99. The van der Waals surface area contributed by atoms with Gasteiger partial charge in [0.25, 0.3) is 0 Å². The molecule has 2 heterocycles. The monoisotopic (exact) mass is 420 g/mol. The van der Waals surface area contributed by atoms with E-state index in [1.54, 1.807) is 18.4 Å². The van der Waals surface area contributed by atoms with Crippen molar-refractivity contribution in [3.63, 3.8) is 0 Å². The Labute approximate surface area is 172 Å². The van der Waals surface area contributed by atoms with Crippen molar-refractivity contribution < 1.29 is 13.9 Å². The highest BCUT2D eigenvalue weighted by Crippen LogP contribution is 2.22. The first kappa shape index (κ1) is 20.3. The average molecular weight is 421 g/mol. The summed E-state index contributed by atoms with van der Waals surface area (Å²) in [5, 5.41) is 12.6. The minimum absolute atomic E-state index is 0.0958. The van der Waals surface area contributed by atoms with Crippen LogP contribution in [0.4, 0.5) is 0 Å². The third-order valence-corrected chi connectivity index (χ3v) is 5.37. The van der Waals surface area contributed by atoms with Gasteiger partial charge in [-0.1, -0.05) is 23.4 Å². The van der Waals surface area contributed by atoms with Gasteiger partial charge in [0.15, 0.2) is 11.0 Å². The molecule has 0 aliphatic heterocycles. The Morgan fingerprint density at radius 2 is 2.21 bits per heavy atom. The number of ether oxygens (including phenoxy) is 1. The van der Waals surface area contributed by atoms with E-state index < -0.39 is 0 Å². The molecule has 9 heteroatoms. The van der Waals surface area contributed by atoms with Crippen LogP contribution in [0.15, 0.2) is 46.2 Å². The van der Waals surface area contributed by atoms with E-state index in [4.69, 9.17) is 20.8 Å². The SMILES string of the molecule is CCn1c(COc2ccc(Cl)c(C)c2)nnc1SCC(=O)NCc1ccco1. The number of carbonyl (C=O) groups excluding carboxylic acids is 1. The zero-order chi connectivity index (χ0) is 19.9. The number of benzene rings is 1. The van der Waals surface area contributed by atoms with Crippen molar-refractivity contribution in [1.29, 1.82) is 0 Å². The molecular weight excluding hydrogens is 400 g/mol. The van der Waals surface area contributed by atoms with Crippen molar-refractivity contribution in [2.45, 2.75) is 38.7 Å². The average Bonchev–Trinajstić information content (AvgIpc) is 3.35. The maximum atomic E-state index is 12.0. The van der Waals surface area contributed by atoms with Gasteiger partial charge >= 0.3 is 0 Å². The van der Waals surface area contributed by atoms with Crippen LogP contribution >= 0.6 is 23.4 Å². The molecule has 0 atom stereocenters. The number of amides is 1. The lowest BCUT2D eigenvalue weighted by Crippen LogP contribution is -2.24. The second-order valence-corrected chi connectivity index (χ2v) is 7.34. The van der Waals surface area contributed by atoms with E-state index in [-0.39, 0.29) is 18.3 Å². The number of nitrogens with zero attached hydrogens (tertiary/aromatic N) is 3. The number of hydrogen-bond donors (Lipinski definition) is 1. The Hall–Kier alpha value is -2.45. The molecule has 0 saturated carbocycles. The molecule has 0 radical (unpaired) electrons. The van der Waals surface area contributed by atoms with Crippen molar-refractivity contribution in [3.8, 4) is 5.75 Å². The number of aromatic nitrogens is 3. The summed E-state index contributed by atoms with van der Waals surface area (Å²) in [6.45, 7) is 5.26. The van der Waals surface area contributed by atoms with E-state index in [2.05, 4.69) is 15.5 Å². The summed E-state index contributed by atoms with van der Waals surface area (Å²) in [7, 11) is 0. The third-order valence-electron chi connectivity index (χ3n) is 3.98. The molecule has 0 aliphatic rings. The van der Waals surface area contributed by atoms with Crippen LogP contribution in [0.2, 0.25) is 5.02 Å². The fourth-order valence-corrected chi connectivity index (χ4v) is 3.45. The number of rotatable bonds is 9. The van der Waals surface area contributed by atoms with Gasteiger partial charge in [-0.15, -0.1) is 10.2 Å². The highest BCUT2D eigenvalue weighted by Gasteiger charge is 2.14. The van der Waals surface area contributed by atoms with Gasteiger partial charge in [-0.3, -0.25) is 4.79 Å². The topological polar surface area (TPSA) is 82.2 Å². The van der Waals surface area contributed by atoms with E-state index >= 15 is 0 Å². The number of hydrogen-bond acceptors (Lipinski definition) is 6. The van der Waals surface area contributed by atoms with E-state index in [0.717, 1.165) is 11.3 Å². The molecule has 7 nitrogen and oxygen atoms in total. The number of aryl methyl sites for hydroxylation is 1. The van der Waals surface area contributed by atoms with Gasteiger partial charge in [0, 0.05) is 11.6 Å². The van der Waals surface area contributed by atoms with Gasteiger partial charge in [-0.25, -0.2) is 0 Å². The van der Waals surface area contributed by atoms with E-state index in [1.807, 2.05) is 36.6 Å². The van der Waals surface area contributed by atoms with E-state index in [1.165, 1.54) is 11.8 Å². The van der Waals surface area contributed by atoms with Crippen LogP contribution in [0.3, 0.4) is 0 Å². The van der Waals surface area contributed by atoms with Crippen molar-refractivity contribution in [2.75, 3.05) is 5.75 Å². The van der Waals surface area contributed by atoms with Crippen LogP contribution in [-0.4, -0.2) is 26.4 Å². The summed E-state index contributed by atoms with van der Waals surface area (Å²) in [6, 6.07) is 9.11. The summed E-state index contributed by atoms with van der Waals surface area (Å²) in [5.41, 5.74) is 0.952. The van der Waals surface area contributed by atoms with Gasteiger partial charge in [-0.2, -0.15) is 0 Å². The summed E-state index contributed by atoms with van der Waals surface area (Å²) in [6.07, 6.45) is 1.58. The Balaban J connectivity index is 1.53. The third kappa shape index (κ3) is 5.30. The van der Waals surface area contributed by atoms with Gasteiger partial charge in [0.2, 0.25) is 5.91 Å². The van der Waals surface area contributed by atoms with Crippen LogP contribution in [-0.2, 0) is 24.5 Å². The molecule has 148 valence electrons. The molecule has 0 spiro atoms. The molecule has 0 saturated heterocycles. The van der Waals surface area contributed by atoms with Gasteiger partial charge in [-0.05, 0) is 49.7 Å². The first-order valence-electron chi connectivity index (χ1n) is 8.79. The molecule has 3 rings (SSSR count). The molecule has 1 amide bonds. The first-order valence-corrected chi connectivity index (χ1v) is 10.2. The molecule has 1 aromatic carbocycles. The van der Waals surface area contributed by atoms with Crippen LogP contribution in [0, 0.1) is 6.92 Å². The lowest BCUT2D eigenvalue weighted by molar-refractivity contribution is -0.118. The predicted octanol–water partition coefficient (Wildman–Crippen LogP) is 3.84. The Morgan fingerprint density at radius 1 is 1.36 bits per heavy atom. The first-order chi connectivity index (χ1) is 13.6. The van der Waals surface area contributed by atoms with Crippen molar-refractivity contribution >= 4 is 29.3 Å². The summed E-state index contributed by atoms with van der Waals surface area (Å²) in [5.74, 6) is 2.29. The summed E-state index contributed by atoms with van der Waals surface area (Å²) in [4.78, 5) is 12.0. The molecule has 28 heavy (non-hydrogen) atoms. The summed E-state index contributed by atoms with van der Waals surface area (Å²) < 4.78 is 12.9. The maximum absolute atomic E-state index is 12.0. The van der Waals surface area contributed by atoms with Crippen molar-refractivity contribution in [1.82, 2.24) is 20.1 Å². The lowest BCUT2D eigenvalue weighted by Gasteiger charge is -2.09. The quantitative estimate of drug-likeness (QED) is 0.529. The van der Waals surface area contributed by atoms with Crippen LogP contribution in [0.25, 0.3) is 0 Å². The number of nitrogens with one attached hydrogen (secondary N) is 1. The normalized spacial score (nSPS) is 10.8. The van der Waals surface area contributed by atoms with E-state index in [9.17, 15) is 4.79 Å². The minimum Gasteiger partial charge on any atom is -0.486 e. The fourth-order valence-electron chi connectivity index (χ4n) is 2.49. The highest BCUT2D eigenvalue weighted by atomic mass is 35.5. The standard InChI is InChI=1S/C19H21ClN4O3S/c1-3-24-17(11-27-14-6-7-16(20)13(2)9-14)22-23-19(24)28-12-18(25)21-10-15-5-4-8-26-15/h4-9H,3,10-12H2,1-2H3,(H,21,25). The van der Waals surface area contributed by atoms with Crippen molar-refractivity contribution in [2.24, 2.45) is 0 Å². The molecule has 2 aromatic heterocycles. The summed E-state index contributed by atoms with van der Waals surface area (Å²) >= 11 is 7.38. The number of carbonyl (C=O) groups is 1. The van der Waals surface area contributed by atoms with Crippen LogP contribution in [0.1, 0.15) is 24.1 Å².